The van der Waals surface area contributed by atoms with E-state index in [1.807, 2.05) is 0 Å². The molecular formula is C54H32I2. The van der Waals surface area contributed by atoms with Crippen LogP contribution in [0, 0.1) is 7.14 Å². The smallest absolute Gasteiger partial charge is 0.0293 e. The Labute approximate surface area is 352 Å². The molecule has 0 fully saturated rings. The molecule has 0 saturated heterocycles. The van der Waals surface area contributed by atoms with E-state index in [4.69, 9.17) is 0 Å². The quantitative estimate of drug-likeness (QED) is 0.122. The number of fused-ring (bicyclic) bond motifs is 8. The molecule has 0 aliphatic heterocycles. The van der Waals surface area contributed by atoms with Crippen molar-refractivity contribution in [2.24, 2.45) is 0 Å². The van der Waals surface area contributed by atoms with Crippen LogP contribution in [0.1, 0.15) is 0 Å². The van der Waals surface area contributed by atoms with Crippen LogP contribution in [0.4, 0.5) is 0 Å². The topological polar surface area (TPSA) is 0 Å². The Balaban J connectivity index is 1.12. The SMILES string of the molecule is Ic1c(-c2ccc(-c3c(I)c4ccccc4c4ccc(-c5cccc6ccccc56)cc34)cc2)c2cc(-c3cccc4ccccc34)ccc2c2ccccc12. The molecule has 11 aromatic rings. The lowest BCUT2D eigenvalue weighted by Gasteiger charge is -2.18. The average molecular weight is 935 g/mol. The molecule has 0 bridgehead atoms. The van der Waals surface area contributed by atoms with Crippen molar-refractivity contribution in [3.8, 4) is 44.5 Å². The molecule has 0 heterocycles. The maximum atomic E-state index is 2.59. The zero-order valence-corrected chi connectivity index (χ0v) is 34.5. The molecule has 0 aromatic heterocycles. The zero-order chi connectivity index (χ0) is 37.3. The summed E-state index contributed by atoms with van der Waals surface area (Å²) in [4.78, 5) is 0. The van der Waals surface area contributed by atoms with Gasteiger partial charge in [-0.25, -0.2) is 0 Å². The molecule has 11 aromatic carbocycles. The molecule has 11 rings (SSSR count). The third kappa shape index (κ3) is 5.37. The van der Waals surface area contributed by atoms with Gasteiger partial charge in [-0.05, 0) is 155 Å². The van der Waals surface area contributed by atoms with Crippen molar-refractivity contribution in [1.29, 1.82) is 0 Å². The van der Waals surface area contributed by atoms with Crippen molar-refractivity contribution in [2.45, 2.75) is 0 Å². The van der Waals surface area contributed by atoms with Gasteiger partial charge in [0.2, 0.25) is 0 Å². The highest BCUT2D eigenvalue weighted by Gasteiger charge is 2.19. The Morgan fingerprint density at radius 1 is 0.232 bits per heavy atom. The Morgan fingerprint density at radius 2 is 0.554 bits per heavy atom. The highest BCUT2D eigenvalue weighted by molar-refractivity contribution is 14.1. The summed E-state index contributed by atoms with van der Waals surface area (Å²) in [6.07, 6.45) is 0. The Bertz CT molecular complexity index is 3140. The van der Waals surface area contributed by atoms with Crippen molar-refractivity contribution in [3.63, 3.8) is 0 Å². The van der Waals surface area contributed by atoms with Crippen molar-refractivity contribution in [3.05, 3.63) is 201 Å². The normalized spacial score (nSPS) is 11.8. The maximum Gasteiger partial charge on any atom is 0.0293 e. The first-order valence-corrected chi connectivity index (χ1v) is 21.1. The van der Waals surface area contributed by atoms with Crippen molar-refractivity contribution in [2.75, 3.05) is 0 Å². The van der Waals surface area contributed by atoms with Gasteiger partial charge in [0.1, 0.15) is 0 Å². The zero-order valence-electron chi connectivity index (χ0n) is 30.2. The summed E-state index contributed by atoms with van der Waals surface area (Å²) in [7, 11) is 0. The largest absolute Gasteiger partial charge is 0.0616 e. The van der Waals surface area contributed by atoms with Crippen LogP contribution in [0.3, 0.4) is 0 Å². The van der Waals surface area contributed by atoms with Gasteiger partial charge in [0.15, 0.2) is 0 Å². The average Bonchev–Trinajstić information content (AvgIpc) is 3.26. The molecule has 0 amide bonds. The van der Waals surface area contributed by atoms with Gasteiger partial charge in [0.05, 0.1) is 0 Å². The summed E-state index contributed by atoms with van der Waals surface area (Å²) < 4.78 is 2.55. The predicted octanol–water partition coefficient (Wildman–Crippen LogP) is 16.5. The van der Waals surface area contributed by atoms with Crippen LogP contribution in [-0.2, 0) is 0 Å². The lowest BCUT2D eigenvalue weighted by Crippen LogP contribution is -1.93. The lowest BCUT2D eigenvalue weighted by molar-refractivity contribution is 1.61. The Hall–Kier alpha value is -5.56. The van der Waals surface area contributed by atoms with Gasteiger partial charge in [-0.3, -0.25) is 0 Å². The van der Waals surface area contributed by atoms with Crippen LogP contribution in [0.2, 0.25) is 0 Å². The van der Waals surface area contributed by atoms with E-state index in [0.29, 0.717) is 0 Å². The molecule has 56 heavy (non-hydrogen) atoms. The highest BCUT2D eigenvalue weighted by Crippen LogP contribution is 2.45. The maximum absolute atomic E-state index is 2.59. The van der Waals surface area contributed by atoms with Crippen LogP contribution < -0.4 is 0 Å². The van der Waals surface area contributed by atoms with Gasteiger partial charge < -0.3 is 0 Å². The second-order valence-electron chi connectivity index (χ2n) is 14.6. The van der Waals surface area contributed by atoms with E-state index in [1.54, 1.807) is 0 Å². The fourth-order valence-corrected chi connectivity index (χ4v) is 11.1. The molecule has 0 spiro atoms. The van der Waals surface area contributed by atoms with Gasteiger partial charge in [-0.2, -0.15) is 0 Å². The molecular weight excluding hydrogens is 902 g/mol. The van der Waals surface area contributed by atoms with E-state index < -0.39 is 0 Å². The minimum Gasteiger partial charge on any atom is -0.0616 e. The van der Waals surface area contributed by atoms with Gasteiger partial charge >= 0.3 is 0 Å². The minimum atomic E-state index is 1.22. The lowest BCUT2D eigenvalue weighted by atomic mass is 9.88. The highest BCUT2D eigenvalue weighted by atomic mass is 127. The first kappa shape index (κ1) is 33.8. The second kappa shape index (κ2) is 13.6. The molecule has 2 heteroatoms. The number of rotatable bonds is 4. The third-order valence-corrected chi connectivity index (χ3v) is 13.8. The first-order chi connectivity index (χ1) is 27.6. The van der Waals surface area contributed by atoms with Crippen LogP contribution >= 0.6 is 45.2 Å². The first-order valence-electron chi connectivity index (χ1n) is 19.0. The van der Waals surface area contributed by atoms with Gasteiger partial charge in [0, 0.05) is 18.3 Å². The van der Waals surface area contributed by atoms with E-state index in [1.165, 1.54) is 116 Å². The molecule has 0 aliphatic carbocycles. The molecule has 0 aliphatic rings. The summed E-state index contributed by atoms with van der Waals surface area (Å²) in [5.41, 5.74) is 9.99. The van der Waals surface area contributed by atoms with Gasteiger partial charge in [-0.1, -0.05) is 182 Å². The number of hydrogen-bond acceptors (Lipinski definition) is 0. The van der Waals surface area contributed by atoms with Crippen LogP contribution in [0.5, 0.6) is 0 Å². The minimum absolute atomic E-state index is 1.22. The number of hydrogen-bond donors (Lipinski definition) is 0. The Kier molecular flexibility index (Phi) is 8.18. The predicted molar refractivity (Wildman–Crippen MR) is 259 cm³/mol. The standard InChI is InChI=1S/C54H32I2/c55-53-47-19-7-5-17-43(47)45-29-27-37(41-21-9-13-33-11-1-3-15-39(33)41)31-49(45)51(53)35-23-25-36(26-24-35)52-50-32-38(42-22-10-14-34-12-2-4-16-40(34)42)28-30-46(50)44-18-6-8-20-48(44)54(52)56/h1-32H. The molecule has 0 N–H and O–H groups in total. The fourth-order valence-electron chi connectivity index (χ4n) is 8.95. The fraction of sp³-hybridized carbons (Fsp3) is 0. The molecule has 0 saturated carbocycles. The van der Waals surface area contributed by atoms with Gasteiger partial charge in [-0.15, -0.1) is 0 Å². The van der Waals surface area contributed by atoms with Crippen molar-refractivity contribution < 1.29 is 0 Å². The van der Waals surface area contributed by atoms with E-state index in [0.717, 1.165) is 0 Å². The molecule has 0 radical (unpaired) electrons. The summed E-state index contributed by atoms with van der Waals surface area (Å²) in [6.45, 7) is 0. The monoisotopic (exact) mass is 934 g/mol. The molecule has 0 atom stereocenters. The van der Waals surface area contributed by atoms with Crippen molar-refractivity contribution >= 4 is 110 Å². The number of halogens is 2. The van der Waals surface area contributed by atoms with E-state index >= 15 is 0 Å². The Morgan fingerprint density at radius 3 is 0.982 bits per heavy atom. The van der Waals surface area contributed by atoms with Crippen molar-refractivity contribution in [1.82, 2.24) is 0 Å². The number of benzene rings is 11. The second-order valence-corrected chi connectivity index (χ2v) is 16.8. The molecule has 262 valence electrons. The van der Waals surface area contributed by atoms with E-state index in [-0.39, 0.29) is 0 Å². The summed E-state index contributed by atoms with van der Waals surface area (Å²) in [5, 5.41) is 15.3. The van der Waals surface area contributed by atoms with Gasteiger partial charge in [0.25, 0.3) is 0 Å². The third-order valence-electron chi connectivity index (χ3n) is 11.6. The molecule has 0 unspecified atom stereocenters. The van der Waals surface area contributed by atoms with Crippen LogP contribution in [0.25, 0.3) is 109 Å². The van der Waals surface area contributed by atoms with E-state index in [2.05, 4.69) is 239 Å². The summed E-state index contributed by atoms with van der Waals surface area (Å²) in [6, 6.07) is 71.9. The van der Waals surface area contributed by atoms with Crippen LogP contribution in [0.15, 0.2) is 194 Å². The molecule has 0 nitrogen and oxygen atoms in total. The summed E-state index contributed by atoms with van der Waals surface area (Å²) >= 11 is 5.18. The van der Waals surface area contributed by atoms with Crippen LogP contribution in [-0.4, -0.2) is 0 Å². The van der Waals surface area contributed by atoms with E-state index in [9.17, 15) is 0 Å². The summed E-state index contributed by atoms with van der Waals surface area (Å²) in [5.74, 6) is 0.